The molecule has 0 aromatic heterocycles. The van der Waals surface area contributed by atoms with Gasteiger partial charge in [0, 0.05) is 17.1 Å². The molecule has 1 atom stereocenters. The second-order valence-electron chi connectivity index (χ2n) is 5.92. The summed E-state index contributed by atoms with van der Waals surface area (Å²) in [4.78, 5) is 1.42. The lowest BCUT2D eigenvalue weighted by Crippen LogP contribution is -2.32. The molecule has 1 heterocycles. The summed E-state index contributed by atoms with van der Waals surface area (Å²) in [5.41, 5.74) is 7.10. The molecule has 3 rings (SSSR count). The van der Waals surface area contributed by atoms with E-state index >= 15 is 0 Å². The highest BCUT2D eigenvalue weighted by molar-refractivity contribution is 8.09. The van der Waals surface area contributed by atoms with Crippen molar-refractivity contribution in [2.45, 2.75) is 24.8 Å². The van der Waals surface area contributed by atoms with Gasteiger partial charge in [0.05, 0.1) is 0 Å². The number of benzene rings is 1. The van der Waals surface area contributed by atoms with Crippen molar-refractivity contribution in [2.24, 2.45) is 0 Å². The number of hydrogen-bond acceptors (Lipinski definition) is 4. The summed E-state index contributed by atoms with van der Waals surface area (Å²) in [6.07, 6.45) is 7.46. The van der Waals surface area contributed by atoms with Gasteiger partial charge < -0.3 is 10.6 Å². The summed E-state index contributed by atoms with van der Waals surface area (Å²) in [6.45, 7) is 4.70. The number of aryl methyl sites for hydroxylation is 1. The van der Waals surface area contributed by atoms with Gasteiger partial charge in [-0.1, -0.05) is 42.6 Å². The van der Waals surface area contributed by atoms with Crippen molar-refractivity contribution in [2.75, 3.05) is 20.6 Å². The van der Waals surface area contributed by atoms with Crippen LogP contribution in [0.2, 0.25) is 0 Å². The Kier molecular flexibility index (Phi) is 5.26. The monoisotopic (exact) mass is 327 g/mol. The van der Waals surface area contributed by atoms with Crippen molar-refractivity contribution >= 4 is 22.2 Å². The molecule has 1 aliphatic heterocycles. The van der Waals surface area contributed by atoms with E-state index in [2.05, 4.69) is 46.8 Å². The third-order valence-corrected chi connectivity index (χ3v) is 5.65. The van der Waals surface area contributed by atoms with Crippen LogP contribution >= 0.6 is 11.8 Å². The van der Waals surface area contributed by atoms with Gasteiger partial charge in [-0.05, 0) is 61.7 Å². The van der Waals surface area contributed by atoms with Gasteiger partial charge in [0.25, 0.3) is 0 Å². The Hall–Kier alpha value is -1.49. The Morgan fingerprint density at radius 2 is 2.26 bits per heavy atom. The number of hydrogen-bond donors (Lipinski definition) is 3. The van der Waals surface area contributed by atoms with E-state index in [9.17, 15) is 0 Å². The van der Waals surface area contributed by atoms with E-state index in [1.165, 1.54) is 39.3 Å². The number of fused-ring (bicyclic) bond motifs is 2. The zero-order chi connectivity index (χ0) is 16.2. The standard InChI is InChI=1S/C19H25N3S/c1-4-6-15(12-20-2)14-10-9-13-7-5-8-17-18(16(13)11-14)23-19(21-3)22-17/h4,6,9-11,19-22H,1,5,7-8,12H2,2-3H3/b15-6+. The molecule has 122 valence electrons. The summed E-state index contributed by atoms with van der Waals surface area (Å²) < 4.78 is 0. The van der Waals surface area contributed by atoms with Gasteiger partial charge in [0.15, 0.2) is 0 Å². The van der Waals surface area contributed by atoms with E-state index in [1.54, 1.807) is 0 Å². The van der Waals surface area contributed by atoms with E-state index in [-0.39, 0.29) is 5.50 Å². The zero-order valence-corrected chi connectivity index (χ0v) is 14.7. The molecular weight excluding hydrogens is 302 g/mol. The molecule has 4 heteroatoms. The maximum Gasteiger partial charge on any atom is 0.129 e. The molecule has 0 radical (unpaired) electrons. The minimum atomic E-state index is 0.287. The summed E-state index contributed by atoms with van der Waals surface area (Å²) in [5.74, 6) is 0. The Morgan fingerprint density at radius 3 is 3.00 bits per heavy atom. The predicted octanol–water partition coefficient (Wildman–Crippen LogP) is 3.32. The van der Waals surface area contributed by atoms with Crippen molar-refractivity contribution in [3.05, 3.63) is 59.3 Å². The third-order valence-electron chi connectivity index (χ3n) is 4.36. The maximum absolute atomic E-state index is 3.85. The lowest BCUT2D eigenvalue weighted by Gasteiger charge is -2.14. The normalized spacial score (nSPS) is 20.6. The number of allylic oxidation sites excluding steroid dienone is 3. The van der Waals surface area contributed by atoms with E-state index in [1.807, 2.05) is 31.9 Å². The first-order valence-corrected chi connectivity index (χ1v) is 9.08. The van der Waals surface area contributed by atoms with Crippen molar-refractivity contribution in [1.29, 1.82) is 0 Å². The number of rotatable bonds is 5. The largest absolute Gasteiger partial charge is 0.363 e. The van der Waals surface area contributed by atoms with Crippen LogP contribution < -0.4 is 16.0 Å². The molecule has 0 saturated carbocycles. The van der Waals surface area contributed by atoms with Crippen LogP contribution in [0.1, 0.15) is 29.5 Å². The fourth-order valence-corrected chi connectivity index (χ4v) is 4.41. The average molecular weight is 327 g/mol. The predicted molar refractivity (Wildman–Crippen MR) is 102 cm³/mol. The van der Waals surface area contributed by atoms with Crippen LogP contribution in [0.25, 0.3) is 10.5 Å². The highest BCUT2D eigenvalue weighted by Gasteiger charge is 2.27. The highest BCUT2D eigenvalue weighted by Crippen LogP contribution is 2.43. The minimum absolute atomic E-state index is 0.287. The van der Waals surface area contributed by atoms with Crippen LogP contribution in [0.15, 0.2) is 42.6 Å². The molecule has 0 saturated heterocycles. The van der Waals surface area contributed by atoms with Crippen LogP contribution in [0.4, 0.5) is 0 Å². The van der Waals surface area contributed by atoms with Crippen molar-refractivity contribution < 1.29 is 0 Å². The summed E-state index contributed by atoms with van der Waals surface area (Å²) in [7, 11) is 3.99. The van der Waals surface area contributed by atoms with Gasteiger partial charge in [-0.25, -0.2) is 0 Å². The Labute approximate surface area is 143 Å². The van der Waals surface area contributed by atoms with E-state index in [0.717, 1.165) is 19.4 Å². The molecule has 0 fully saturated rings. The molecule has 23 heavy (non-hydrogen) atoms. The lowest BCUT2D eigenvalue weighted by atomic mass is 9.97. The topological polar surface area (TPSA) is 36.1 Å². The molecule has 2 aliphatic rings. The van der Waals surface area contributed by atoms with Gasteiger partial charge in [0.2, 0.25) is 0 Å². The van der Waals surface area contributed by atoms with E-state index < -0.39 is 0 Å². The molecule has 0 bridgehead atoms. The Bertz CT molecular complexity index is 661. The summed E-state index contributed by atoms with van der Waals surface area (Å²) >= 11 is 1.90. The number of thioether (sulfide) groups is 1. The van der Waals surface area contributed by atoms with E-state index in [0.29, 0.717) is 0 Å². The quantitative estimate of drug-likeness (QED) is 0.725. The summed E-state index contributed by atoms with van der Waals surface area (Å²) in [5, 5.41) is 10.2. The highest BCUT2D eigenvalue weighted by atomic mass is 32.2. The molecule has 1 aliphatic carbocycles. The minimum Gasteiger partial charge on any atom is -0.363 e. The SMILES string of the molecule is C=C/C=C(\CNC)c1ccc2c(c1)C1=C(CCC2)NC(NC)S1. The Morgan fingerprint density at radius 1 is 1.39 bits per heavy atom. The first-order chi connectivity index (χ1) is 11.3. The molecule has 1 aromatic carbocycles. The van der Waals surface area contributed by atoms with Crippen molar-refractivity contribution in [3.8, 4) is 0 Å². The van der Waals surface area contributed by atoms with Gasteiger partial charge in [-0.2, -0.15) is 0 Å². The molecular formula is C19H25N3S. The van der Waals surface area contributed by atoms with Gasteiger partial charge in [-0.3, -0.25) is 5.32 Å². The molecule has 3 nitrogen and oxygen atoms in total. The van der Waals surface area contributed by atoms with Crippen LogP contribution in [-0.2, 0) is 6.42 Å². The van der Waals surface area contributed by atoms with Gasteiger partial charge in [0.1, 0.15) is 5.50 Å². The fraction of sp³-hybridized carbons (Fsp3) is 0.368. The van der Waals surface area contributed by atoms with Gasteiger partial charge >= 0.3 is 0 Å². The molecule has 1 aromatic rings. The molecule has 0 amide bonds. The van der Waals surface area contributed by atoms with Crippen molar-refractivity contribution in [1.82, 2.24) is 16.0 Å². The second-order valence-corrected chi connectivity index (χ2v) is 7.04. The van der Waals surface area contributed by atoms with Crippen LogP contribution in [0, 0.1) is 0 Å². The lowest BCUT2D eigenvalue weighted by molar-refractivity contribution is 0.638. The van der Waals surface area contributed by atoms with Crippen LogP contribution in [0.5, 0.6) is 0 Å². The van der Waals surface area contributed by atoms with Crippen molar-refractivity contribution in [3.63, 3.8) is 0 Å². The van der Waals surface area contributed by atoms with Crippen LogP contribution in [-0.4, -0.2) is 26.1 Å². The molecule has 3 N–H and O–H groups in total. The summed E-state index contributed by atoms with van der Waals surface area (Å²) in [6, 6.07) is 6.91. The average Bonchev–Trinajstić information content (AvgIpc) is 2.91. The Balaban J connectivity index is 2.02. The number of likely N-dealkylation sites (N-methyl/N-ethyl adjacent to an activating group) is 1. The molecule has 1 unspecified atom stereocenters. The third kappa shape index (κ3) is 3.39. The number of nitrogens with one attached hydrogen (secondary N) is 3. The fourth-order valence-electron chi connectivity index (χ4n) is 3.24. The van der Waals surface area contributed by atoms with Crippen LogP contribution in [0.3, 0.4) is 0 Å². The molecule has 0 spiro atoms. The first-order valence-electron chi connectivity index (χ1n) is 8.20. The van der Waals surface area contributed by atoms with Gasteiger partial charge in [-0.15, -0.1) is 0 Å². The maximum atomic E-state index is 3.85. The smallest absolute Gasteiger partial charge is 0.129 e. The first kappa shape index (κ1) is 16.4. The zero-order valence-electron chi connectivity index (χ0n) is 13.9. The second kappa shape index (κ2) is 7.39. The van der Waals surface area contributed by atoms with E-state index in [4.69, 9.17) is 0 Å².